The second-order valence-electron chi connectivity index (χ2n) is 8.41. The van der Waals surface area contributed by atoms with Gasteiger partial charge in [-0.15, -0.1) is 0 Å². The van der Waals surface area contributed by atoms with Crippen LogP contribution in [0.25, 0.3) is 0 Å². The maximum Gasteiger partial charge on any atom is 0.343 e. The van der Waals surface area contributed by atoms with Gasteiger partial charge in [-0.2, -0.15) is 0 Å². The van der Waals surface area contributed by atoms with Gasteiger partial charge in [0.05, 0.1) is 23.1 Å². The number of ether oxygens (including phenoxy) is 1. The Labute approximate surface area is 173 Å². The molecule has 152 valence electrons. The zero-order chi connectivity index (χ0) is 21.0. The van der Waals surface area contributed by atoms with Crippen molar-refractivity contribution in [1.29, 1.82) is 0 Å². The molecule has 2 amide bonds. The Bertz CT molecular complexity index is 1030. The standard InChI is InChI=1S/C24H21NO5/c1-13(26)14-6-10-19(11-7-14)30-24(29)15-4-8-18(9-5-15)25-22(27)20-16-2-3-17(12-16)21(20)23(25)28/h4-11,16-17,20-21H,2-3,12H2,1H3/t16-,17-,20+,21+/m0/s1. The lowest BCUT2D eigenvalue weighted by atomic mass is 9.81. The number of Topliss-reactive ketones (excluding diaryl/α,β-unsaturated/α-hetero) is 1. The van der Waals surface area contributed by atoms with Crippen molar-refractivity contribution in [3.63, 3.8) is 0 Å². The molecule has 1 heterocycles. The molecule has 30 heavy (non-hydrogen) atoms. The summed E-state index contributed by atoms with van der Waals surface area (Å²) in [5.41, 5.74) is 1.35. The Morgan fingerprint density at radius 2 is 1.37 bits per heavy atom. The van der Waals surface area contributed by atoms with Crippen molar-refractivity contribution >= 4 is 29.3 Å². The number of rotatable bonds is 4. The number of nitrogens with zero attached hydrogens (tertiary/aromatic N) is 1. The summed E-state index contributed by atoms with van der Waals surface area (Å²) in [5, 5.41) is 0. The molecule has 0 N–H and O–H groups in total. The van der Waals surface area contributed by atoms with Crippen LogP contribution in [0, 0.1) is 23.7 Å². The van der Waals surface area contributed by atoms with Gasteiger partial charge in [-0.3, -0.25) is 19.3 Å². The number of imide groups is 1. The van der Waals surface area contributed by atoms with Crippen LogP contribution in [-0.4, -0.2) is 23.6 Å². The van der Waals surface area contributed by atoms with Crippen LogP contribution < -0.4 is 9.64 Å². The molecule has 0 radical (unpaired) electrons. The molecular weight excluding hydrogens is 382 g/mol. The smallest absolute Gasteiger partial charge is 0.343 e. The molecule has 2 saturated carbocycles. The van der Waals surface area contributed by atoms with Crippen LogP contribution in [0.5, 0.6) is 5.75 Å². The van der Waals surface area contributed by atoms with Crippen LogP contribution in [0.15, 0.2) is 48.5 Å². The fraction of sp³-hybridized carbons (Fsp3) is 0.333. The molecule has 1 aliphatic heterocycles. The largest absolute Gasteiger partial charge is 0.423 e. The Morgan fingerprint density at radius 1 is 0.833 bits per heavy atom. The van der Waals surface area contributed by atoms with E-state index in [2.05, 4.69) is 0 Å². The Hall–Kier alpha value is -3.28. The number of ketones is 1. The molecule has 1 saturated heterocycles. The van der Waals surface area contributed by atoms with Crippen molar-refractivity contribution < 1.29 is 23.9 Å². The lowest BCUT2D eigenvalue weighted by Gasteiger charge is -2.19. The summed E-state index contributed by atoms with van der Waals surface area (Å²) >= 11 is 0. The highest BCUT2D eigenvalue weighted by molar-refractivity contribution is 6.22. The van der Waals surface area contributed by atoms with Gasteiger partial charge in [0.1, 0.15) is 5.75 Å². The number of amides is 2. The van der Waals surface area contributed by atoms with Crippen LogP contribution >= 0.6 is 0 Å². The molecule has 2 aromatic carbocycles. The van der Waals surface area contributed by atoms with E-state index < -0.39 is 5.97 Å². The van der Waals surface area contributed by atoms with E-state index >= 15 is 0 Å². The number of benzene rings is 2. The maximum absolute atomic E-state index is 12.9. The summed E-state index contributed by atoms with van der Waals surface area (Å²) in [7, 11) is 0. The van der Waals surface area contributed by atoms with Gasteiger partial charge in [-0.05, 0) is 86.6 Å². The van der Waals surface area contributed by atoms with Gasteiger partial charge in [0.15, 0.2) is 5.78 Å². The molecule has 0 spiro atoms. The molecule has 3 fully saturated rings. The SMILES string of the molecule is CC(=O)c1ccc(OC(=O)c2ccc(N3C(=O)[C@@H]4[C@H]5CC[C@@H](C5)[C@H]4C3=O)cc2)cc1. The number of hydrogen-bond donors (Lipinski definition) is 0. The summed E-state index contributed by atoms with van der Waals surface area (Å²) in [4.78, 5) is 50.9. The van der Waals surface area contributed by atoms with Gasteiger partial charge in [-0.1, -0.05) is 0 Å². The van der Waals surface area contributed by atoms with Crippen LogP contribution in [0.2, 0.25) is 0 Å². The van der Waals surface area contributed by atoms with E-state index in [0.29, 0.717) is 34.4 Å². The number of anilines is 1. The normalized spacial score (nSPS) is 26.8. The maximum atomic E-state index is 12.9. The van der Waals surface area contributed by atoms with Crippen molar-refractivity contribution in [1.82, 2.24) is 0 Å². The average Bonchev–Trinajstić information content (AvgIpc) is 3.42. The van der Waals surface area contributed by atoms with Crippen LogP contribution in [0.4, 0.5) is 5.69 Å². The topological polar surface area (TPSA) is 80.8 Å². The Morgan fingerprint density at radius 3 is 1.90 bits per heavy atom. The number of carbonyl (C=O) groups excluding carboxylic acids is 4. The first-order chi connectivity index (χ1) is 14.4. The lowest BCUT2D eigenvalue weighted by Crippen LogP contribution is -2.32. The minimum atomic E-state index is -0.550. The summed E-state index contributed by atoms with van der Waals surface area (Å²) in [6.45, 7) is 1.47. The van der Waals surface area contributed by atoms with Gasteiger partial charge < -0.3 is 4.74 Å². The van der Waals surface area contributed by atoms with Crippen LogP contribution in [-0.2, 0) is 9.59 Å². The highest BCUT2D eigenvalue weighted by Crippen LogP contribution is 2.56. The van der Waals surface area contributed by atoms with E-state index in [-0.39, 0.29) is 29.4 Å². The minimum Gasteiger partial charge on any atom is -0.423 e. The van der Waals surface area contributed by atoms with Crippen molar-refractivity contribution in [3.05, 3.63) is 59.7 Å². The summed E-state index contributed by atoms with van der Waals surface area (Å²) in [6.07, 6.45) is 3.08. The molecule has 3 aliphatic rings. The quantitative estimate of drug-likeness (QED) is 0.337. The number of hydrogen-bond acceptors (Lipinski definition) is 5. The first kappa shape index (κ1) is 18.7. The lowest BCUT2D eigenvalue weighted by molar-refractivity contribution is -0.123. The van der Waals surface area contributed by atoms with E-state index in [9.17, 15) is 19.2 Å². The summed E-state index contributed by atoms with van der Waals surface area (Å²) in [6, 6.07) is 12.7. The monoisotopic (exact) mass is 403 g/mol. The third-order valence-electron chi connectivity index (χ3n) is 6.76. The fourth-order valence-corrected chi connectivity index (χ4v) is 5.33. The predicted molar refractivity (Wildman–Crippen MR) is 108 cm³/mol. The molecule has 5 rings (SSSR count). The van der Waals surface area contributed by atoms with Crippen LogP contribution in [0.1, 0.15) is 46.9 Å². The highest BCUT2D eigenvalue weighted by Gasteiger charge is 2.61. The number of carbonyl (C=O) groups is 4. The molecular formula is C24H21NO5. The number of esters is 1. The molecule has 6 heteroatoms. The van der Waals surface area contributed by atoms with Crippen molar-refractivity contribution in [3.8, 4) is 5.75 Å². The fourth-order valence-electron chi connectivity index (χ4n) is 5.33. The second-order valence-corrected chi connectivity index (χ2v) is 8.41. The van der Waals surface area contributed by atoms with E-state index in [4.69, 9.17) is 4.74 Å². The molecule has 0 aromatic heterocycles. The van der Waals surface area contributed by atoms with Gasteiger partial charge in [0, 0.05) is 5.56 Å². The third kappa shape index (κ3) is 2.86. The van der Waals surface area contributed by atoms with Gasteiger partial charge in [0.2, 0.25) is 11.8 Å². The molecule has 6 nitrogen and oxygen atoms in total. The van der Waals surface area contributed by atoms with E-state index in [1.54, 1.807) is 48.5 Å². The molecule has 4 atom stereocenters. The van der Waals surface area contributed by atoms with Crippen molar-refractivity contribution in [2.75, 3.05) is 4.90 Å². The molecule has 2 aromatic rings. The first-order valence-electron chi connectivity index (χ1n) is 10.2. The van der Waals surface area contributed by atoms with E-state index in [0.717, 1.165) is 19.3 Å². The Balaban J connectivity index is 1.31. The zero-order valence-electron chi connectivity index (χ0n) is 16.5. The van der Waals surface area contributed by atoms with E-state index in [1.807, 2.05) is 0 Å². The molecule has 0 unspecified atom stereocenters. The van der Waals surface area contributed by atoms with Crippen LogP contribution in [0.3, 0.4) is 0 Å². The highest BCUT2D eigenvalue weighted by atomic mass is 16.5. The third-order valence-corrected chi connectivity index (χ3v) is 6.76. The molecule has 2 aliphatic carbocycles. The number of fused-ring (bicyclic) bond motifs is 5. The predicted octanol–water partition coefficient (Wildman–Crippen LogP) is 3.64. The summed E-state index contributed by atoms with van der Waals surface area (Å²) < 4.78 is 5.34. The first-order valence-corrected chi connectivity index (χ1v) is 10.2. The minimum absolute atomic E-state index is 0.0633. The van der Waals surface area contributed by atoms with Crippen molar-refractivity contribution in [2.24, 2.45) is 23.7 Å². The van der Waals surface area contributed by atoms with Gasteiger partial charge >= 0.3 is 5.97 Å². The zero-order valence-corrected chi connectivity index (χ0v) is 16.5. The van der Waals surface area contributed by atoms with Crippen molar-refractivity contribution in [2.45, 2.75) is 26.2 Å². The van der Waals surface area contributed by atoms with Gasteiger partial charge in [-0.25, -0.2) is 4.79 Å². The second kappa shape index (κ2) is 6.90. The average molecular weight is 403 g/mol. The Kier molecular flexibility index (Phi) is 4.31. The molecule has 2 bridgehead atoms. The summed E-state index contributed by atoms with van der Waals surface area (Å²) in [5.74, 6) is -0.135. The van der Waals surface area contributed by atoms with E-state index in [1.165, 1.54) is 11.8 Å². The van der Waals surface area contributed by atoms with Gasteiger partial charge in [0.25, 0.3) is 0 Å².